The molecule has 0 spiro atoms. The molecule has 0 heterocycles. The molecule has 43 heavy (non-hydrogen) atoms. The summed E-state index contributed by atoms with van der Waals surface area (Å²) >= 11 is 0. The van der Waals surface area contributed by atoms with Crippen molar-refractivity contribution in [2.75, 3.05) is 6.54 Å². The first-order chi connectivity index (χ1) is 20.9. The van der Waals surface area contributed by atoms with Gasteiger partial charge in [0.1, 0.15) is 0 Å². The topological polar surface area (TPSA) is 55.3 Å². The van der Waals surface area contributed by atoms with Crippen molar-refractivity contribution in [2.24, 2.45) is 11.5 Å². The minimum Gasteiger partial charge on any atom is -0.401 e. The standard InChI is InChI=1S/C40H49N3/c1-29-9-6-11-32(25-29)17-19-34-13-4-5-14-37(34)27-43(24-23-40(42)31(3)41)28-39-36(22-21-35-15-8-16-38(35)39)20-18-33-12-7-10-30(2)26-33/h4-7,9-14,21-22,25-26,40H,3,8,15-20,23-24,27-28,41-42H2,1-2H3. The number of fused-ring (bicyclic) bond motifs is 1. The van der Waals surface area contributed by atoms with Crippen LogP contribution in [0.25, 0.3) is 0 Å². The summed E-state index contributed by atoms with van der Waals surface area (Å²) in [5.41, 5.74) is 27.5. The van der Waals surface area contributed by atoms with E-state index in [1.165, 1.54) is 58.2 Å². The van der Waals surface area contributed by atoms with Crippen LogP contribution in [-0.2, 0) is 51.6 Å². The third-order valence-corrected chi connectivity index (χ3v) is 9.16. The van der Waals surface area contributed by atoms with Gasteiger partial charge in [-0.2, -0.15) is 0 Å². The predicted octanol–water partition coefficient (Wildman–Crippen LogP) is 7.55. The SMILES string of the molecule is C=C(N)C(N)CCN(Cc1ccccc1CCc1cccc(C)c1)Cc1c(CCc2cccc(C)c2)ccc2c1CCC2. The summed E-state index contributed by atoms with van der Waals surface area (Å²) < 4.78 is 0. The lowest BCUT2D eigenvalue weighted by atomic mass is 9.92. The van der Waals surface area contributed by atoms with Gasteiger partial charge in [0.15, 0.2) is 0 Å². The Morgan fingerprint density at radius 1 is 0.744 bits per heavy atom. The predicted molar refractivity (Wildman–Crippen MR) is 182 cm³/mol. The van der Waals surface area contributed by atoms with E-state index in [0.717, 1.165) is 51.7 Å². The van der Waals surface area contributed by atoms with Crippen LogP contribution in [0.2, 0.25) is 0 Å². The van der Waals surface area contributed by atoms with Crippen molar-refractivity contribution in [3.63, 3.8) is 0 Å². The summed E-state index contributed by atoms with van der Waals surface area (Å²) in [6.45, 7) is 11.0. The van der Waals surface area contributed by atoms with Crippen LogP contribution in [0.1, 0.15) is 68.5 Å². The number of nitrogens with zero attached hydrogens (tertiary/aromatic N) is 1. The second-order valence-corrected chi connectivity index (χ2v) is 12.6. The fourth-order valence-electron chi connectivity index (χ4n) is 6.66. The first-order valence-corrected chi connectivity index (χ1v) is 16.1. The third-order valence-electron chi connectivity index (χ3n) is 9.16. The molecular weight excluding hydrogens is 522 g/mol. The highest BCUT2D eigenvalue weighted by Gasteiger charge is 2.21. The van der Waals surface area contributed by atoms with Crippen molar-refractivity contribution >= 4 is 0 Å². The van der Waals surface area contributed by atoms with Crippen molar-refractivity contribution in [1.29, 1.82) is 0 Å². The van der Waals surface area contributed by atoms with Gasteiger partial charge in [0, 0.05) is 31.4 Å². The lowest BCUT2D eigenvalue weighted by Crippen LogP contribution is -2.33. The lowest BCUT2D eigenvalue weighted by Gasteiger charge is -2.28. The van der Waals surface area contributed by atoms with E-state index in [-0.39, 0.29) is 6.04 Å². The van der Waals surface area contributed by atoms with E-state index in [1.54, 1.807) is 16.7 Å². The van der Waals surface area contributed by atoms with E-state index in [4.69, 9.17) is 11.5 Å². The van der Waals surface area contributed by atoms with E-state index in [1.807, 2.05) is 0 Å². The zero-order chi connectivity index (χ0) is 30.2. The number of hydrogen-bond donors (Lipinski definition) is 2. The minimum atomic E-state index is -0.193. The van der Waals surface area contributed by atoms with E-state index in [2.05, 4.69) is 110 Å². The summed E-state index contributed by atoms with van der Waals surface area (Å²) in [4.78, 5) is 2.61. The summed E-state index contributed by atoms with van der Waals surface area (Å²) in [7, 11) is 0. The second-order valence-electron chi connectivity index (χ2n) is 12.6. The molecule has 1 aliphatic rings. The molecule has 3 heteroatoms. The zero-order valence-corrected chi connectivity index (χ0v) is 26.2. The largest absolute Gasteiger partial charge is 0.401 e. The fraction of sp³-hybridized carbons (Fsp3) is 0.350. The van der Waals surface area contributed by atoms with Crippen LogP contribution in [0.4, 0.5) is 0 Å². The van der Waals surface area contributed by atoms with Crippen molar-refractivity contribution < 1.29 is 0 Å². The number of nitrogens with two attached hydrogens (primary N) is 2. The molecule has 0 amide bonds. The average molecular weight is 572 g/mol. The molecule has 4 aromatic carbocycles. The van der Waals surface area contributed by atoms with E-state index >= 15 is 0 Å². The summed E-state index contributed by atoms with van der Waals surface area (Å²) in [6, 6.07) is 31.5. The molecule has 0 fully saturated rings. The van der Waals surface area contributed by atoms with Gasteiger partial charge >= 0.3 is 0 Å². The Balaban J connectivity index is 1.40. The van der Waals surface area contributed by atoms with Crippen LogP contribution >= 0.6 is 0 Å². The van der Waals surface area contributed by atoms with Gasteiger partial charge in [-0.25, -0.2) is 0 Å². The molecule has 0 aliphatic heterocycles. The molecular formula is C40H49N3. The molecule has 0 bridgehead atoms. The molecule has 1 unspecified atom stereocenters. The van der Waals surface area contributed by atoms with Crippen molar-refractivity contribution in [3.05, 3.63) is 153 Å². The molecule has 1 atom stereocenters. The minimum absolute atomic E-state index is 0.193. The Morgan fingerprint density at radius 2 is 1.40 bits per heavy atom. The van der Waals surface area contributed by atoms with Crippen molar-refractivity contribution in [1.82, 2.24) is 4.90 Å². The van der Waals surface area contributed by atoms with Gasteiger partial charge in [-0.1, -0.05) is 103 Å². The third kappa shape index (κ3) is 8.46. The van der Waals surface area contributed by atoms with Gasteiger partial charge in [-0.05, 0) is 110 Å². The highest BCUT2D eigenvalue weighted by atomic mass is 15.1. The molecule has 5 rings (SSSR count). The zero-order valence-electron chi connectivity index (χ0n) is 26.2. The maximum Gasteiger partial charge on any atom is 0.0448 e. The molecule has 0 aromatic heterocycles. The van der Waals surface area contributed by atoms with E-state index in [9.17, 15) is 0 Å². The lowest BCUT2D eigenvalue weighted by molar-refractivity contribution is 0.247. The van der Waals surface area contributed by atoms with E-state index in [0.29, 0.717) is 5.70 Å². The van der Waals surface area contributed by atoms with Crippen LogP contribution in [-0.4, -0.2) is 17.5 Å². The Kier molecular flexibility index (Phi) is 10.5. The quantitative estimate of drug-likeness (QED) is 0.164. The number of aryl methyl sites for hydroxylation is 7. The molecule has 0 saturated heterocycles. The van der Waals surface area contributed by atoms with Gasteiger partial charge in [0.2, 0.25) is 0 Å². The Labute approximate surface area is 259 Å². The molecule has 224 valence electrons. The Bertz CT molecular complexity index is 1530. The number of benzene rings is 4. The van der Waals surface area contributed by atoms with E-state index < -0.39 is 0 Å². The van der Waals surface area contributed by atoms with Crippen LogP contribution in [0, 0.1) is 13.8 Å². The van der Waals surface area contributed by atoms with Crippen LogP contribution in [0.15, 0.2) is 97.2 Å². The monoisotopic (exact) mass is 571 g/mol. The van der Waals surface area contributed by atoms with Crippen molar-refractivity contribution in [3.8, 4) is 0 Å². The van der Waals surface area contributed by atoms with Gasteiger partial charge in [-0.15, -0.1) is 0 Å². The van der Waals surface area contributed by atoms with Crippen LogP contribution in [0.5, 0.6) is 0 Å². The Morgan fingerprint density at radius 3 is 2.05 bits per heavy atom. The van der Waals surface area contributed by atoms with Gasteiger partial charge < -0.3 is 11.5 Å². The molecule has 0 saturated carbocycles. The molecule has 1 aliphatic carbocycles. The molecule has 3 nitrogen and oxygen atoms in total. The summed E-state index contributed by atoms with van der Waals surface area (Å²) in [5.74, 6) is 0. The molecule has 4 aromatic rings. The van der Waals surface area contributed by atoms with Gasteiger partial charge in [-0.3, -0.25) is 4.90 Å². The smallest absolute Gasteiger partial charge is 0.0448 e. The summed E-state index contributed by atoms with van der Waals surface area (Å²) in [6.07, 6.45) is 8.64. The van der Waals surface area contributed by atoms with Crippen LogP contribution in [0.3, 0.4) is 0 Å². The first-order valence-electron chi connectivity index (χ1n) is 16.1. The molecule has 0 radical (unpaired) electrons. The highest BCUT2D eigenvalue weighted by Crippen LogP contribution is 2.31. The van der Waals surface area contributed by atoms with Gasteiger partial charge in [0.05, 0.1) is 0 Å². The summed E-state index contributed by atoms with van der Waals surface area (Å²) in [5, 5.41) is 0. The maximum absolute atomic E-state index is 6.40. The Hall–Kier alpha value is -3.66. The number of hydrogen-bond acceptors (Lipinski definition) is 3. The average Bonchev–Trinajstić information content (AvgIpc) is 3.48. The normalized spacial score (nSPS) is 13.3. The highest BCUT2D eigenvalue weighted by molar-refractivity contribution is 5.44. The number of rotatable bonds is 14. The van der Waals surface area contributed by atoms with Crippen molar-refractivity contribution in [2.45, 2.75) is 84.3 Å². The molecule has 4 N–H and O–H groups in total. The van der Waals surface area contributed by atoms with Gasteiger partial charge in [0.25, 0.3) is 0 Å². The second kappa shape index (κ2) is 14.7. The fourth-order valence-corrected chi connectivity index (χ4v) is 6.66. The van der Waals surface area contributed by atoms with Crippen LogP contribution < -0.4 is 11.5 Å². The first kappa shape index (κ1) is 30.8. The maximum atomic E-state index is 6.40.